The zero-order valence-corrected chi connectivity index (χ0v) is 10.8. The van der Waals surface area contributed by atoms with Crippen molar-refractivity contribution in [1.82, 2.24) is 4.90 Å². The van der Waals surface area contributed by atoms with Crippen molar-refractivity contribution in [1.29, 1.82) is 0 Å². The molecule has 2 heteroatoms. The topological polar surface area (TPSA) is 20.3 Å². The van der Waals surface area contributed by atoms with Gasteiger partial charge in [0.25, 0.3) is 0 Å². The Morgan fingerprint density at radius 3 is 1.86 bits per heavy atom. The number of nitrogens with zero attached hydrogens (tertiary/aromatic N) is 1. The molecule has 84 valence electrons. The van der Waals surface area contributed by atoms with Gasteiger partial charge in [0, 0.05) is 19.0 Å². The van der Waals surface area contributed by atoms with Gasteiger partial charge in [-0.1, -0.05) is 27.7 Å². The number of hydrogen-bond acceptors (Lipinski definition) is 1. The lowest BCUT2D eigenvalue weighted by Gasteiger charge is -2.36. The summed E-state index contributed by atoms with van der Waals surface area (Å²) in [5.41, 5.74) is 0.0531. The van der Waals surface area contributed by atoms with Gasteiger partial charge in [-0.2, -0.15) is 0 Å². The van der Waals surface area contributed by atoms with E-state index in [9.17, 15) is 4.79 Å². The van der Waals surface area contributed by atoms with Crippen LogP contribution in [-0.2, 0) is 4.79 Å². The van der Waals surface area contributed by atoms with E-state index in [-0.39, 0.29) is 16.9 Å². The molecule has 0 rings (SSSR count). The molecule has 0 unspecified atom stereocenters. The first-order chi connectivity index (χ1) is 6.10. The van der Waals surface area contributed by atoms with E-state index in [0.29, 0.717) is 6.42 Å². The van der Waals surface area contributed by atoms with Crippen LogP contribution < -0.4 is 0 Å². The molecule has 0 aliphatic carbocycles. The summed E-state index contributed by atoms with van der Waals surface area (Å²) in [6.45, 7) is 12.6. The molecule has 0 aromatic carbocycles. The van der Waals surface area contributed by atoms with E-state index in [0.717, 1.165) is 6.42 Å². The van der Waals surface area contributed by atoms with Crippen molar-refractivity contribution in [3.8, 4) is 0 Å². The minimum Gasteiger partial charge on any atom is -0.341 e. The molecule has 0 N–H and O–H groups in total. The van der Waals surface area contributed by atoms with Crippen LogP contribution in [0.25, 0.3) is 0 Å². The first-order valence-electron chi connectivity index (χ1n) is 5.37. The largest absolute Gasteiger partial charge is 0.341 e. The molecule has 0 saturated carbocycles. The zero-order valence-electron chi connectivity index (χ0n) is 10.8. The third-order valence-corrected chi connectivity index (χ3v) is 2.83. The van der Waals surface area contributed by atoms with Crippen LogP contribution in [0.15, 0.2) is 0 Å². The first-order valence-corrected chi connectivity index (χ1v) is 5.37. The van der Waals surface area contributed by atoms with Gasteiger partial charge in [0.1, 0.15) is 0 Å². The first kappa shape index (κ1) is 13.5. The van der Waals surface area contributed by atoms with Gasteiger partial charge in [0.15, 0.2) is 0 Å². The molecule has 0 aliphatic heterocycles. The van der Waals surface area contributed by atoms with Crippen molar-refractivity contribution in [3.05, 3.63) is 0 Å². The van der Waals surface area contributed by atoms with Crippen LogP contribution in [0.3, 0.4) is 0 Å². The Labute approximate surface area is 88.7 Å². The molecule has 0 aromatic heterocycles. The Kier molecular flexibility index (Phi) is 4.16. The summed E-state index contributed by atoms with van der Waals surface area (Å²) in [6.07, 6.45) is 1.60. The second-order valence-electron chi connectivity index (χ2n) is 5.86. The van der Waals surface area contributed by atoms with E-state index in [2.05, 4.69) is 41.5 Å². The quantitative estimate of drug-likeness (QED) is 0.684. The van der Waals surface area contributed by atoms with Gasteiger partial charge in [0.2, 0.25) is 5.91 Å². The van der Waals surface area contributed by atoms with Crippen LogP contribution >= 0.6 is 0 Å². The average molecular weight is 199 g/mol. The van der Waals surface area contributed by atoms with E-state index >= 15 is 0 Å². The molecule has 0 aromatic rings. The van der Waals surface area contributed by atoms with Gasteiger partial charge >= 0.3 is 0 Å². The molecule has 1 amide bonds. The lowest BCUT2D eigenvalue weighted by atomic mass is 9.90. The predicted octanol–water partition coefficient (Wildman–Crippen LogP) is 3.07. The Balaban J connectivity index is 4.41. The van der Waals surface area contributed by atoms with E-state index in [1.807, 2.05) is 11.9 Å². The number of carbonyl (C=O) groups excluding carboxylic acids is 1. The molecule has 14 heavy (non-hydrogen) atoms. The summed E-state index contributed by atoms with van der Waals surface area (Å²) < 4.78 is 0. The van der Waals surface area contributed by atoms with Crippen LogP contribution in [0.4, 0.5) is 0 Å². The minimum atomic E-state index is -0.0255. The number of hydrogen-bond donors (Lipinski definition) is 0. The van der Waals surface area contributed by atoms with Gasteiger partial charge in [-0.15, -0.1) is 0 Å². The SMILES string of the molecule is CCC(C)(C)N(C)C(=O)CC(C)(C)C. The Bertz CT molecular complexity index is 201. The standard InChI is InChI=1S/C12H25NO/c1-8-12(5,6)13(7)10(14)9-11(2,3)4/h8-9H2,1-7H3. The van der Waals surface area contributed by atoms with Gasteiger partial charge in [-0.05, 0) is 25.7 Å². The Morgan fingerprint density at radius 2 is 1.57 bits per heavy atom. The number of carbonyl (C=O) groups is 1. The highest BCUT2D eigenvalue weighted by Crippen LogP contribution is 2.23. The lowest BCUT2D eigenvalue weighted by molar-refractivity contribution is -0.136. The van der Waals surface area contributed by atoms with E-state index in [4.69, 9.17) is 0 Å². The fourth-order valence-corrected chi connectivity index (χ4v) is 1.15. The highest BCUT2D eigenvalue weighted by Gasteiger charge is 2.27. The molecular formula is C12H25NO. The van der Waals surface area contributed by atoms with Crippen molar-refractivity contribution in [2.75, 3.05) is 7.05 Å². The summed E-state index contributed by atoms with van der Waals surface area (Å²) in [6, 6.07) is 0. The van der Waals surface area contributed by atoms with Crippen molar-refractivity contribution in [2.45, 2.75) is 59.9 Å². The van der Waals surface area contributed by atoms with Crippen LogP contribution in [0.5, 0.6) is 0 Å². The summed E-state index contributed by atoms with van der Waals surface area (Å²) >= 11 is 0. The van der Waals surface area contributed by atoms with Crippen LogP contribution in [0.1, 0.15) is 54.4 Å². The monoisotopic (exact) mass is 199 g/mol. The summed E-state index contributed by atoms with van der Waals surface area (Å²) in [7, 11) is 1.90. The maximum absolute atomic E-state index is 11.9. The van der Waals surface area contributed by atoms with Crippen LogP contribution in [0.2, 0.25) is 0 Å². The molecule has 0 aliphatic rings. The molecule has 0 spiro atoms. The molecule has 0 radical (unpaired) electrons. The molecule has 2 nitrogen and oxygen atoms in total. The molecule has 0 fully saturated rings. The van der Waals surface area contributed by atoms with Gasteiger partial charge in [0.05, 0.1) is 0 Å². The third kappa shape index (κ3) is 4.12. The minimum absolute atomic E-state index is 0.0255. The van der Waals surface area contributed by atoms with Gasteiger partial charge < -0.3 is 4.90 Å². The average Bonchev–Trinajstić information content (AvgIpc) is 2.00. The number of amides is 1. The lowest BCUT2D eigenvalue weighted by Crippen LogP contribution is -2.45. The van der Waals surface area contributed by atoms with Crippen molar-refractivity contribution < 1.29 is 4.79 Å². The van der Waals surface area contributed by atoms with Crippen molar-refractivity contribution >= 4 is 5.91 Å². The van der Waals surface area contributed by atoms with Gasteiger partial charge in [-0.25, -0.2) is 0 Å². The Morgan fingerprint density at radius 1 is 1.14 bits per heavy atom. The van der Waals surface area contributed by atoms with Crippen LogP contribution in [-0.4, -0.2) is 23.4 Å². The normalized spacial score (nSPS) is 12.8. The van der Waals surface area contributed by atoms with Crippen LogP contribution in [0, 0.1) is 5.41 Å². The summed E-state index contributed by atoms with van der Waals surface area (Å²) in [4.78, 5) is 13.8. The van der Waals surface area contributed by atoms with Gasteiger partial charge in [-0.3, -0.25) is 4.79 Å². The summed E-state index contributed by atoms with van der Waals surface area (Å²) in [5, 5.41) is 0. The van der Waals surface area contributed by atoms with E-state index < -0.39 is 0 Å². The van der Waals surface area contributed by atoms with E-state index in [1.54, 1.807) is 0 Å². The smallest absolute Gasteiger partial charge is 0.223 e. The predicted molar refractivity (Wildman–Crippen MR) is 61.2 cm³/mol. The fraction of sp³-hybridized carbons (Fsp3) is 0.917. The maximum Gasteiger partial charge on any atom is 0.223 e. The van der Waals surface area contributed by atoms with E-state index in [1.165, 1.54) is 0 Å². The molecule has 0 bridgehead atoms. The molecule has 0 saturated heterocycles. The third-order valence-electron chi connectivity index (χ3n) is 2.83. The Hall–Kier alpha value is -0.530. The summed E-state index contributed by atoms with van der Waals surface area (Å²) in [5.74, 6) is 0.240. The zero-order chi connectivity index (χ0) is 11.6. The van der Waals surface area contributed by atoms with Crippen molar-refractivity contribution in [2.24, 2.45) is 5.41 Å². The second-order valence-corrected chi connectivity index (χ2v) is 5.86. The maximum atomic E-state index is 11.9. The second kappa shape index (κ2) is 4.33. The molecule has 0 heterocycles. The highest BCUT2D eigenvalue weighted by atomic mass is 16.2. The molecule has 0 atom stereocenters. The molecular weight excluding hydrogens is 174 g/mol. The van der Waals surface area contributed by atoms with Crippen molar-refractivity contribution in [3.63, 3.8) is 0 Å². The fourth-order valence-electron chi connectivity index (χ4n) is 1.15. The number of rotatable bonds is 3. The highest BCUT2D eigenvalue weighted by molar-refractivity contribution is 5.77.